The average molecular weight is 492 g/mol. The van der Waals surface area contributed by atoms with Gasteiger partial charge in [0, 0.05) is 30.0 Å². The van der Waals surface area contributed by atoms with Crippen LogP contribution in [-0.2, 0) is 9.59 Å². The Morgan fingerprint density at radius 1 is 1.24 bits per heavy atom. The van der Waals surface area contributed by atoms with Crippen molar-refractivity contribution in [3.05, 3.63) is 52.1 Å². The minimum absolute atomic E-state index is 0. The number of nitrogens with zero attached hydrogens (tertiary/aromatic N) is 2. The number of carbonyl (C=O) groups is 3. The summed E-state index contributed by atoms with van der Waals surface area (Å²) in [5, 5.41) is 2.94. The van der Waals surface area contributed by atoms with E-state index in [1.807, 2.05) is 0 Å². The summed E-state index contributed by atoms with van der Waals surface area (Å²) in [6.07, 6.45) is 1.55. The van der Waals surface area contributed by atoms with Gasteiger partial charge in [-0.2, -0.15) is 0 Å². The lowest BCUT2D eigenvalue weighted by Crippen LogP contribution is -2.38. The standard InChI is InChI=1S/C24H30FN5O3.ClH/c1-5-29(6-2)10-9-27-23(32)22-14(3)19(28-15(22)4)12-18-17-11-16(25)7-8-20(17)30(24(18)33)21(31)13-26;/h7-8,11-12,28H,5-6,9-10,13,26H2,1-4H3,(H,27,32);1H. The van der Waals surface area contributed by atoms with Gasteiger partial charge in [0.05, 0.1) is 23.4 Å². The van der Waals surface area contributed by atoms with E-state index in [9.17, 15) is 18.8 Å². The van der Waals surface area contributed by atoms with Crippen molar-refractivity contribution in [2.45, 2.75) is 27.7 Å². The molecule has 1 aromatic carbocycles. The monoisotopic (exact) mass is 491 g/mol. The minimum Gasteiger partial charge on any atom is -0.358 e. The number of rotatable bonds is 8. The quantitative estimate of drug-likeness (QED) is 0.491. The second-order valence-corrected chi connectivity index (χ2v) is 7.90. The first kappa shape index (κ1) is 27.2. The molecule has 2 aromatic rings. The number of carbonyl (C=O) groups excluding carboxylic acids is 3. The van der Waals surface area contributed by atoms with Crippen LogP contribution in [0.2, 0.25) is 0 Å². The lowest BCUT2D eigenvalue weighted by molar-refractivity contribution is -0.122. The zero-order valence-electron chi connectivity index (χ0n) is 19.8. The number of aromatic amines is 1. The van der Waals surface area contributed by atoms with Gasteiger partial charge in [-0.1, -0.05) is 13.8 Å². The van der Waals surface area contributed by atoms with Crippen LogP contribution < -0.4 is 16.0 Å². The predicted molar refractivity (Wildman–Crippen MR) is 133 cm³/mol. The topological polar surface area (TPSA) is 112 Å². The highest BCUT2D eigenvalue weighted by molar-refractivity contribution is 6.42. The molecule has 10 heteroatoms. The fourth-order valence-electron chi connectivity index (χ4n) is 4.10. The zero-order chi connectivity index (χ0) is 24.3. The first-order chi connectivity index (χ1) is 15.7. The molecule has 3 rings (SSSR count). The molecule has 2 heterocycles. The summed E-state index contributed by atoms with van der Waals surface area (Å²) in [6, 6.07) is 3.80. The summed E-state index contributed by atoms with van der Waals surface area (Å²) in [5.41, 5.74) is 8.58. The number of amides is 3. The number of likely N-dealkylation sites (N-methyl/N-ethyl adjacent to an activating group) is 1. The van der Waals surface area contributed by atoms with E-state index in [1.54, 1.807) is 19.9 Å². The van der Waals surface area contributed by atoms with Crippen molar-refractivity contribution in [3.63, 3.8) is 0 Å². The maximum absolute atomic E-state index is 14.0. The second-order valence-electron chi connectivity index (χ2n) is 7.90. The Balaban J connectivity index is 0.00000408. The molecule has 1 aliphatic heterocycles. The summed E-state index contributed by atoms with van der Waals surface area (Å²) in [6.45, 7) is 10.4. The van der Waals surface area contributed by atoms with Gasteiger partial charge in [-0.05, 0) is 56.8 Å². The van der Waals surface area contributed by atoms with Crippen molar-refractivity contribution in [1.29, 1.82) is 0 Å². The number of nitrogens with two attached hydrogens (primary N) is 1. The number of H-pyrrole nitrogens is 1. The lowest BCUT2D eigenvalue weighted by atomic mass is 10.0. The van der Waals surface area contributed by atoms with Crippen molar-refractivity contribution in [1.82, 2.24) is 15.2 Å². The SMILES string of the molecule is CCN(CC)CCNC(=O)c1c(C)[nH]c(C=C2C(=O)N(C(=O)CN)c3ccc(F)cc32)c1C.Cl. The number of nitrogens with one attached hydrogen (secondary N) is 2. The van der Waals surface area contributed by atoms with Crippen LogP contribution in [0.25, 0.3) is 11.6 Å². The van der Waals surface area contributed by atoms with Crippen molar-refractivity contribution >= 4 is 47.5 Å². The van der Waals surface area contributed by atoms with E-state index >= 15 is 0 Å². The molecule has 0 spiro atoms. The Morgan fingerprint density at radius 2 is 1.91 bits per heavy atom. The third kappa shape index (κ3) is 5.22. The molecular formula is C24H31ClFN5O3. The molecule has 0 unspecified atom stereocenters. The fourth-order valence-corrected chi connectivity index (χ4v) is 4.10. The number of anilines is 1. The maximum Gasteiger partial charge on any atom is 0.265 e. The molecule has 0 atom stereocenters. The van der Waals surface area contributed by atoms with Gasteiger partial charge in [-0.25, -0.2) is 9.29 Å². The molecular weight excluding hydrogens is 461 g/mol. The van der Waals surface area contributed by atoms with E-state index < -0.39 is 17.6 Å². The maximum atomic E-state index is 14.0. The number of halogens is 2. The van der Waals surface area contributed by atoms with Crippen LogP contribution in [0.4, 0.5) is 10.1 Å². The molecule has 0 bridgehead atoms. The number of hydrogen-bond donors (Lipinski definition) is 3. The molecule has 0 radical (unpaired) electrons. The Hall–Kier alpha value is -3.01. The van der Waals surface area contributed by atoms with Gasteiger partial charge in [-0.15, -0.1) is 12.4 Å². The van der Waals surface area contributed by atoms with Gasteiger partial charge in [0.25, 0.3) is 11.8 Å². The van der Waals surface area contributed by atoms with E-state index in [0.717, 1.165) is 24.5 Å². The highest BCUT2D eigenvalue weighted by atomic mass is 35.5. The third-order valence-electron chi connectivity index (χ3n) is 5.95. The number of aryl methyl sites for hydroxylation is 1. The molecule has 0 saturated carbocycles. The van der Waals surface area contributed by atoms with Crippen LogP contribution in [0.5, 0.6) is 0 Å². The van der Waals surface area contributed by atoms with Gasteiger partial charge in [-0.3, -0.25) is 14.4 Å². The zero-order valence-corrected chi connectivity index (χ0v) is 20.6. The summed E-state index contributed by atoms with van der Waals surface area (Å²) >= 11 is 0. The van der Waals surface area contributed by atoms with Gasteiger partial charge < -0.3 is 20.9 Å². The molecule has 0 saturated heterocycles. The fraction of sp³-hybridized carbons (Fsp3) is 0.375. The van der Waals surface area contributed by atoms with Gasteiger partial charge in [0.15, 0.2) is 0 Å². The van der Waals surface area contributed by atoms with Gasteiger partial charge in [0.2, 0.25) is 5.91 Å². The number of benzene rings is 1. The Morgan fingerprint density at radius 3 is 2.53 bits per heavy atom. The Kier molecular flexibility index (Phi) is 9.14. The Bertz CT molecular complexity index is 1120. The van der Waals surface area contributed by atoms with Gasteiger partial charge >= 0.3 is 0 Å². The number of imide groups is 1. The first-order valence-corrected chi connectivity index (χ1v) is 11.0. The van der Waals surface area contributed by atoms with Crippen LogP contribution in [0.3, 0.4) is 0 Å². The van der Waals surface area contributed by atoms with Crippen molar-refractivity contribution < 1.29 is 18.8 Å². The highest BCUT2D eigenvalue weighted by Gasteiger charge is 2.36. The predicted octanol–water partition coefficient (Wildman–Crippen LogP) is 2.64. The van der Waals surface area contributed by atoms with Crippen LogP contribution in [0.15, 0.2) is 18.2 Å². The first-order valence-electron chi connectivity index (χ1n) is 11.0. The van der Waals surface area contributed by atoms with Crippen LogP contribution in [0.1, 0.15) is 46.7 Å². The van der Waals surface area contributed by atoms with E-state index in [-0.39, 0.29) is 30.4 Å². The number of aromatic nitrogens is 1. The van der Waals surface area contributed by atoms with E-state index in [0.29, 0.717) is 40.3 Å². The Labute approximate surface area is 204 Å². The summed E-state index contributed by atoms with van der Waals surface area (Å²) in [7, 11) is 0. The van der Waals surface area contributed by atoms with E-state index in [1.165, 1.54) is 18.2 Å². The highest BCUT2D eigenvalue weighted by Crippen LogP contribution is 2.38. The van der Waals surface area contributed by atoms with Crippen molar-refractivity contribution in [2.75, 3.05) is 37.6 Å². The summed E-state index contributed by atoms with van der Waals surface area (Å²) in [5.74, 6) is -1.89. The van der Waals surface area contributed by atoms with E-state index in [4.69, 9.17) is 5.73 Å². The lowest BCUT2D eigenvalue weighted by Gasteiger charge is -2.18. The normalized spacial score (nSPS) is 13.9. The summed E-state index contributed by atoms with van der Waals surface area (Å²) < 4.78 is 14.0. The molecule has 0 aliphatic carbocycles. The number of hydrogen-bond acceptors (Lipinski definition) is 5. The molecule has 1 aliphatic rings. The molecule has 8 nitrogen and oxygen atoms in total. The third-order valence-corrected chi connectivity index (χ3v) is 5.95. The molecule has 0 fully saturated rings. The summed E-state index contributed by atoms with van der Waals surface area (Å²) in [4.78, 5) is 44.5. The molecule has 4 N–H and O–H groups in total. The smallest absolute Gasteiger partial charge is 0.265 e. The van der Waals surface area contributed by atoms with Gasteiger partial charge in [0.1, 0.15) is 5.82 Å². The second kappa shape index (κ2) is 11.4. The molecule has 184 valence electrons. The molecule has 34 heavy (non-hydrogen) atoms. The van der Waals surface area contributed by atoms with Crippen LogP contribution >= 0.6 is 12.4 Å². The largest absolute Gasteiger partial charge is 0.358 e. The minimum atomic E-state index is -0.581. The van der Waals surface area contributed by atoms with Crippen LogP contribution in [-0.4, -0.2) is 60.3 Å². The van der Waals surface area contributed by atoms with Crippen LogP contribution in [0, 0.1) is 19.7 Å². The van der Waals surface area contributed by atoms with E-state index in [2.05, 4.69) is 29.0 Å². The average Bonchev–Trinajstić information content (AvgIpc) is 3.22. The number of fused-ring (bicyclic) bond motifs is 1. The van der Waals surface area contributed by atoms with Crippen molar-refractivity contribution in [3.8, 4) is 0 Å². The molecule has 3 amide bonds. The van der Waals surface area contributed by atoms with Crippen molar-refractivity contribution in [2.24, 2.45) is 5.73 Å². The molecule has 1 aromatic heterocycles.